The Kier molecular flexibility index (Phi) is 12.1. The van der Waals surface area contributed by atoms with Gasteiger partial charge in [-0.15, -0.1) is 0 Å². The van der Waals surface area contributed by atoms with E-state index in [2.05, 4.69) is 10.6 Å². The first-order valence-corrected chi connectivity index (χ1v) is 14.8. The molecule has 3 amide bonds. The second kappa shape index (κ2) is 15.5. The molecule has 11 heteroatoms. The van der Waals surface area contributed by atoms with Crippen molar-refractivity contribution in [3.05, 3.63) is 29.3 Å². The Balaban J connectivity index is 1.72. The van der Waals surface area contributed by atoms with E-state index >= 15 is 0 Å². The lowest BCUT2D eigenvalue weighted by molar-refractivity contribution is -0.142. The highest BCUT2D eigenvalue weighted by atomic mass is 16.4. The van der Waals surface area contributed by atoms with E-state index in [4.69, 9.17) is 0 Å². The summed E-state index contributed by atoms with van der Waals surface area (Å²) in [4.78, 5) is 66.0. The number of carbonyl (C=O) groups is 5. The number of hydrogen-bond acceptors (Lipinski definition) is 6. The summed E-state index contributed by atoms with van der Waals surface area (Å²) in [6, 6.07) is 2.58. The number of nitrogens with one attached hydrogen (secondary N) is 2. The smallest absolute Gasteiger partial charge is 0.326 e. The molecule has 226 valence electrons. The fraction of sp³-hybridized carbons (Fsp3) is 0.633. The maximum atomic E-state index is 13.8. The van der Waals surface area contributed by atoms with Crippen molar-refractivity contribution < 1.29 is 34.2 Å². The van der Waals surface area contributed by atoms with Gasteiger partial charge in [-0.25, -0.2) is 4.79 Å². The first kappa shape index (κ1) is 32.0. The fourth-order valence-corrected chi connectivity index (χ4v) is 5.82. The number of piperidine rings is 1. The number of nitrogens with zero attached hydrogens (tertiary/aromatic N) is 2. The minimum Gasteiger partial charge on any atom is -0.481 e. The molecule has 0 saturated carbocycles. The monoisotopic (exact) mass is 572 g/mol. The van der Waals surface area contributed by atoms with Gasteiger partial charge in [0.15, 0.2) is 0 Å². The van der Waals surface area contributed by atoms with Gasteiger partial charge in [0.25, 0.3) is 5.91 Å². The Morgan fingerprint density at radius 2 is 1.78 bits per heavy atom. The lowest BCUT2D eigenvalue weighted by atomic mass is 9.89. The highest BCUT2D eigenvalue weighted by molar-refractivity contribution is 6.05. The van der Waals surface area contributed by atoms with Crippen LogP contribution in [0.2, 0.25) is 0 Å². The van der Waals surface area contributed by atoms with E-state index in [1.807, 2.05) is 6.07 Å². The van der Waals surface area contributed by atoms with Crippen molar-refractivity contribution in [3.8, 4) is 0 Å². The zero-order chi connectivity index (χ0) is 29.9. The molecule has 0 aromatic heterocycles. The van der Waals surface area contributed by atoms with Crippen molar-refractivity contribution in [1.29, 1.82) is 0 Å². The first-order chi connectivity index (χ1) is 19.6. The highest BCUT2D eigenvalue weighted by Gasteiger charge is 2.36. The average Bonchev–Trinajstić information content (AvgIpc) is 2.95. The second-order valence-corrected chi connectivity index (χ2v) is 11.1. The summed E-state index contributed by atoms with van der Waals surface area (Å²) in [7, 11) is 0. The van der Waals surface area contributed by atoms with E-state index in [1.54, 1.807) is 19.1 Å². The summed E-state index contributed by atoms with van der Waals surface area (Å²) in [5.41, 5.74) is 2.32. The van der Waals surface area contributed by atoms with Gasteiger partial charge < -0.3 is 25.7 Å². The Bertz CT molecular complexity index is 1100. The number of anilines is 1. The van der Waals surface area contributed by atoms with Crippen LogP contribution in [0.25, 0.3) is 0 Å². The van der Waals surface area contributed by atoms with Gasteiger partial charge in [-0.3, -0.25) is 24.1 Å². The molecule has 1 saturated heterocycles. The molecule has 1 fully saturated rings. The summed E-state index contributed by atoms with van der Waals surface area (Å²) in [6.07, 6.45) is 6.81. The SMILES string of the molecule is CCN(CC(=O)N[C@@H](CC(=O)O)C(=O)N(c1cccc2c1CCCC2)[C@@H](C)C(=O)O)C(=O)CCCC1CCNCC1. The largest absolute Gasteiger partial charge is 0.481 e. The normalized spacial score (nSPS) is 16.6. The van der Waals surface area contributed by atoms with Crippen LogP contribution in [0, 0.1) is 5.92 Å². The molecule has 2 aliphatic rings. The van der Waals surface area contributed by atoms with E-state index in [0.717, 1.165) is 74.1 Å². The molecule has 11 nitrogen and oxygen atoms in total. The van der Waals surface area contributed by atoms with E-state index in [0.29, 0.717) is 24.4 Å². The first-order valence-electron chi connectivity index (χ1n) is 14.8. The fourth-order valence-electron chi connectivity index (χ4n) is 5.82. The molecule has 0 spiro atoms. The van der Waals surface area contributed by atoms with Gasteiger partial charge in [-0.05, 0) is 101 Å². The zero-order valence-corrected chi connectivity index (χ0v) is 24.2. The number of hydrogen-bond donors (Lipinski definition) is 4. The van der Waals surface area contributed by atoms with Gasteiger partial charge in [-0.1, -0.05) is 12.1 Å². The molecule has 4 N–H and O–H groups in total. The van der Waals surface area contributed by atoms with Gasteiger partial charge in [0, 0.05) is 18.7 Å². The maximum absolute atomic E-state index is 13.8. The molecule has 0 radical (unpaired) electrons. The third kappa shape index (κ3) is 9.01. The molecule has 1 aliphatic heterocycles. The predicted octanol–water partition coefficient (Wildman–Crippen LogP) is 2.35. The lowest BCUT2D eigenvalue weighted by Crippen LogP contribution is -2.55. The second-order valence-electron chi connectivity index (χ2n) is 11.1. The van der Waals surface area contributed by atoms with Crippen LogP contribution in [0.5, 0.6) is 0 Å². The number of carbonyl (C=O) groups excluding carboxylic acids is 3. The number of fused-ring (bicyclic) bond motifs is 1. The maximum Gasteiger partial charge on any atom is 0.326 e. The topological polar surface area (TPSA) is 156 Å². The summed E-state index contributed by atoms with van der Waals surface area (Å²) >= 11 is 0. The molecule has 2 atom stereocenters. The van der Waals surface area contributed by atoms with Crippen LogP contribution in [0.15, 0.2) is 18.2 Å². The molecule has 1 aromatic rings. The number of benzene rings is 1. The van der Waals surface area contributed by atoms with E-state index in [9.17, 15) is 34.2 Å². The molecule has 1 heterocycles. The molecular weight excluding hydrogens is 528 g/mol. The lowest BCUT2D eigenvalue weighted by Gasteiger charge is -2.33. The molecule has 1 aliphatic carbocycles. The van der Waals surface area contributed by atoms with Gasteiger partial charge in [0.2, 0.25) is 11.8 Å². The summed E-state index contributed by atoms with van der Waals surface area (Å²) in [5, 5.41) is 25.2. The molecular formula is C30H44N4O7. The Morgan fingerprint density at radius 3 is 2.44 bits per heavy atom. The van der Waals surface area contributed by atoms with E-state index < -0.39 is 42.3 Å². The van der Waals surface area contributed by atoms with Gasteiger partial charge in [0.05, 0.1) is 13.0 Å². The zero-order valence-electron chi connectivity index (χ0n) is 24.2. The Hall–Kier alpha value is -3.47. The number of carboxylic acid groups (broad SMARTS) is 2. The predicted molar refractivity (Wildman–Crippen MR) is 154 cm³/mol. The van der Waals surface area contributed by atoms with Crippen molar-refractivity contribution >= 4 is 35.3 Å². The highest BCUT2D eigenvalue weighted by Crippen LogP contribution is 2.32. The molecule has 3 rings (SSSR count). The van der Waals surface area contributed by atoms with Crippen LogP contribution >= 0.6 is 0 Å². The van der Waals surface area contributed by atoms with Crippen molar-refractivity contribution in [2.45, 2.75) is 90.1 Å². The quantitative estimate of drug-likeness (QED) is 0.265. The average molecular weight is 573 g/mol. The molecule has 1 aromatic carbocycles. The van der Waals surface area contributed by atoms with Crippen molar-refractivity contribution in [1.82, 2.24) is 15.5 Å². The number of aryl methyl sites for hydroxylation is 1. The standard InChI is InChI=1S/C30H44N4O7/c1-3-33(27(36)13-6-8-21-14-16-31-17-15-21)19-26(35)32-24(18-28(37)38)29(39)34(20(2)30(40)41)25-12-7-10-22-9-4-5-11-23(22)25/h7,10,12,20-21,24,31H,3-6,8-9,11,13-19H2,1-2H3,(H,32,35)(H,37,38)(H,40,41)/t20-,24-/m0/s1. The van der Waals surface area contributed by atoms with Crippen molar-refractivity contribution in [2.75, 3.05) is 31.1 Å². The number of rotatable bonds is 14. The van der Waals surface area contributed by atoms with Gasteiger partial charge >= 0.3 is 11.9 Å². The van der Waals surface area contributed by atoms with Crippen molar-refractivity contribution in [2.24, 2.45) is 5.92 Å². The van der Waals surface area contributed by atoms with Crippen LogP contribution in [0.1, 0.15) is 76.3 Å². The molecule has 41 heavy (non-hydrogen) atoms. The van der Waals surface area contributed by atoms with E-state index in [-0.39, 0.29) is 19.0 Å². The summed E-state index contributed by atoms with van der Waals surface area (Å²) in [5.74, 6) is -3.63. The number of aliphatic carboxylic acids is 2. The molecule has 0 unspecified atom stereocenters. The number of carboxylic acids is 2. The minimum absolute atomic E-state index is 0.172. The van der Waals surface area contributed by atoms with Gasteiger partial charge in [0.1, 0.15) is 12.1 Å². The van der Waals surface area contributed by atoms with Crippen LogP contribution in [0.3, 0.4) is 0 Å². The van der Waals surface area contributed by atoms with Crippen molar-refractivity contribution in [3.63, 3.8) is 0 Å². The Labute approximate surface area is 241 Å². The van der Waals surface area contributed by atoms with Gasteiger partial charge in [-0.2, -0.15) is 0 Å². The number of likely N-dealkylation sites (N-methyl/N-ethyl adjacent to an activating group) is 1. The summed E-state index contributed by atoms with van der Waals surface area (Å²) < 4.78 is 0. The third-order valence-corrected chi connectivity index (χ3v) is 8.16. The third-order valence-electron chi connectivity index (χ3n) is 8.16. The van der Waals surface area contributed by atoms with Crippen LogP contribution in [-0.2, 0) is 36.8 Å². The molecule has 0 bridgehead atoms. The van der Waals surface area contributed by atoms with E-state index in [1.165, 1.54) is 11.8 Å². The Morgan fingerprint density at radius 1 is 1.07 bits per heavy atom. The van der Waals surface area contributed by atoms with Crippen LogP contribution in [-0.4, -0.2) is 83.0 Å². The van der Waals surface area contributed by atoms with Crippen LogP contribution < -0.4 is 15.5 Å². The number of amides is 3. The van der Waals surface area contributed by atoms with Crippen LogP contribution in [0.4, 0.5) is 5.69 Å². The summed E-state index contributed by atoms with van der Waals surface area (Å²) in [6.45, 7) is 5.07. The minimum atomic E-state index is -1.50.